The van der Waals surface area contributed by atoms with Crippen LogP contribution in [0.1, 0.15) is 28.4 Å². The first-order valence-electron chi connectivity index (χ1n) is 11.1. The molecule has 0 aliphatic carbocycles. The molecule has 7 nitrogen and oxygen atoms in total. The van der Waals surface area contributed by atoms with Gasteiger partial charge in [-0.2, -0.15) is 0 Å². The Labute approximate surface area is 199 Å². The lowest BCUT2D eigenvalue weighted by Gasteiger charge is -2.23. The van der Waals surface area contributed by atoms with Crippen LogP contribution in [0.4, 0.5) is 5.69 Å². The normalized spacial score (nSPS) is 12.3. The summed E-state index contributed by atoms with van der Waals surface area (Å²) in [7, 11) is 0. The zero-order valence-corrected chi connectivity index (χ0v) is 19.0. The summed E-state index contributed by atoms with van der Waals surface area (Å²) in [6.07, 6.45) is 0.710. The predicted octanol–water partition coefficient (Wildman–Crippen LogP) is 2.71. The van der Waals surface area contributed by atoms with Crippen LogP contribution in [0.2, 0.25) is 0 Å². The number of aliphatic hydroxyl groups excluding tert-OH is 1. The lowest BCUT2D eigenvalue weighted by molar-refractivity contribution is -0.124. The number of hydrogen-bond donors (Lipinski definition) is 4. The van der Waals surface area contributed by atoms with Crippen LogP contribution in [-0.2, 0) is 22.4 Å². The van der Waals surface area contributed by atoms with Crippen molar-refractivity contribution in [2.75, 3.05) is 11.9 Å². The van der Waals surface area contributed by atoms with Crippen molar-refractivity contribution < 1.29 is 19.5 Å². The van der Waals surface area contributed by atoms with Gasteiger partial charge in [-0.25, -0.2) is 0 Å². The fourth-order valence-corrected chi connectivity index (χ4v) is 3.57. The fraction of sp³-hybridized carbons (Fsp3) is 0.222. The Morgan fingerprint density at radius 2 is 1.35 bits per heavy atom. The molecule has 0 saturated heterocycles. The second kappa shape index (κ2) is 12.3. The van der Waals surface area contributed by atoms with Gasteiger partial charge in [-0.05, 0) is 41.8 Å². The van der Waals surface area contributed by atoms with Crippen molar-refractivity contribution in [3.63, 3.8) is 0 Å². The largest absolute Gasteiger partial charge is 0.394 e. The Kier molecular flexibility index (Phi) is 8.94. The molecule has 2 atom stereocenters. The summed E-state index contributed by atoms with van der Waals surface area (Å²) < 4.78 is 0. The van der Waals surface area contributed by atoms with E-state index in [4.69, 9.17) is 0 Å². The van der Waals surface area contributed by atoms with E-state index in [2.05, 4.69) is 16.0 Å². The molecule has 0 aliphatic heterocycles. The van der Waals surface area contributed by atoms with E-state index in [1.54, 1.807) is 48.5 Å². The predicted molar refractivity (Wildman–Crippen MR) is 131 cm³/mol. The van der Waals surface area contributed by atoms with Crippen molar-refractivity contribution >= 4 is 23.4 Å². The Balaban J connectivity index is 1.74. The maximum Gasteiger partial charge on any atom is 0.251 e. The van der Waals surface area contributed by atoms with Crippen LogP contribution in [0, 0.1) is 0 Å². The molecule has 3 amide bonds. The molecular formula is C27H29N3O4. The zero-order valence-electron chi connectivity index (χ0n) is 19.0. The highest BCUT2D eigenvalue weighted by Crippen LogP contribution is 2.12. The molecule has 0 radical (unpaired) electrons. The molecule has 0 aliphatic rings. The quantitative estimate of drug-likeness (QED) is 0.374. The standard InChI is InChI=1S/C27H29N3O4/c1-19(32)28-23-14-12-21(13-15-23)17-25(30-26(33)22-10-6-3-7-11-22)27(34)29-24(18-31)16-20-8-4-2-5-9-20/h2-15,24-25,31H,16-18H2,1H3,(H,28,32)(H,29,34)(H,30,33)/t24?,25-/m0/s1. The molecule has 0 saturated carbocycles. The molecule has 176 valence electrons. The van der Waals surface area contributed by atoms with Crippen molar-refractivity contribution in [1.29, 1.82) is 0 Å². The van der Waals surface area contributed by atoms with E-state index in [1.807, 2.05) is 36.4 Å². The van der Waals surface area contributed by atoms with Crippen LogP contribution >= 0.6 is 0 Å². The van der Waals surface area contributed by atoms with Gasteiger partial charge >= 0.3 is 0 Å². The summed E-state index contributed by atoms with van der Waals surface area (Å²) >= 11 is 0. The molecule has 3 rings (SSSR count). The monoisotopic (exact) mass is 459 g/mol. The molecular weight excluding hydrogens is 430 g/mol. The summed E-state index contributed by atoms with van der Waals surface area (Å²) in [5, 5.41) is 18.2. The van der Waals surface area contributed by atoms with E-state index in [-0.39, 0.29) is 30.7 Å². The molecule has 0 fully saturated rings. The van der Waals surface area contributed by atoms with E-state index in [9.17, 15) is 19.5 Å². The summed E-state index contributed by atoms with van der Waals surface area (Å²) in [4.78, 5) is 37.2. The number of carbonyl (C=O) groups is 3. The Morgan fingerprint density at radius 1 is 0.765 bits per heavy atom. The smallest absolute Gasteiger partial charge is 0.251 e. The van der Waals surface area contributed by atoms with Crippen molar-refractivity contribution in [3.05, 3.63) is 102 Å². The summed E-state index contributed by atoms with van der Waals surface area (Å²) in [6.45, 7) is 1.20. The van der Waals surface area contributed by atoms with Crippen molar-refractivity contribution in [2.24, 2.45) is 0 Å². The number of rotatable bonds is 10. The number of amides is 3. The third-order valence-corrected chi connectivity index (χ3v) is 5.26. The minimum atomic E-state index is -0.857. The molecule has 3 aromatic carbocycles. The Bertz CT molecular complexity index is 1090. The Morgan fingerprint density at radius 3 is 1.94 bits per heavy atom. The van der Waals surface area contributed by atoms with E-state index in [0.717, 1.165) is 11.1 Å². The van der Waals surface area contributed by atoms with Crippen LogP contribution in [0.3, 0.4) is 0 Å². The van der Waals surface area contributed by atoms with Gasteiger partial charge in [0.2, 0.25) is 11.8 Å². The van der Waals surface area contributed by atoms with Gasteiger partial charge in [0.15, 0.2) is 0 Å². The number of benzene rings is 3. The van der Waals surface area contributed by atoms with Crippen LogP contribution in [0.25, 0.3) is 0 Å². The van der Waals surface area contributed by atoms with Crippen LogP contribution in [-0.4, -0.2) is 41.5 Å². The molecule has 3 aromatic rings. The van der Waals surface area contributed by atoms with Gasteiger partial charge in [0.05, 0.1) is 12.6 Å². The molecule has 0 spiro atoms. The van der Waals surface area contributed by atoms with Gasteiger partial charge in [-0.1, -0.05) is 60.7 Å². The summed E-state index contributed by atoms with van der Waals surface area (Å²) in [6, 6.07) is 24.0. The maximum atomic E-state index is 13.2. The van der Waals surface area contributed by atoms with E-state index < -0.39 is 12.1 Å². The summed E-state index contributed by atoms with van der Waals surface area (Å²) in [5.74, 6) is -0.919. The third kappa shape index (κ3) is 7.56. The number of aliphatic hydroxyl groups is 1. The average Bonchev–Trinajstić information content (AvgIpc) is 2.85. The Hall–Kier alpha value is -3.97. The first-order valence-corrected chi connectivity index (χ1v) is 11.1. The van der Waals surface area contributed by atoms with Gasteiger partial charge in [0.25, 0.3) is 5.91 Å². The fourth-order valence-electron chi connectivity index (χ4n) is 3.57. The van der Waals surface area contributed by atoms with Gasteiger partial charge in [0.1, 0.15) is 6.04 Å². The van der Waals surface area contributed by atoms with Gasteiger partial charge in [-0.15, -0.1) is 0 Å². The number of nitrogens with one attached hydrogen (secondary N) is 3. The van der Waals surface area contributed by atoms with Crippen molar-refractivity contribution in [1.82, 2.24) is 10.6 Å². The van der Waals surface area contributed by atoms with Crippen LogP contribution in [0.15, 0.2) is 84.9 Å². The second-order valence-electron chi connectivity index (χ2n) is 8.05. The van der Waals surface area contributed by atoms with Crippen molar-refractivity contribution in [2.45, 2.75) is 31.8 Å². The minimum Gasteiger partial charge on any atom is -0.394 e. The zero-order chi connectivity index (χ0) is 24.3. The molecule has 1 unspecified atom stereocenters. The summed E-state index contributed by atoms with van der Waals surface area (Å²) in [5.41, 5.74) is 2.89. The van der Waals surface area contributed by atoms with Gasteiger partial charge < -0.3 is 21.1 Å². The first kappa shape index (κ1) is 24.7. The number of carbonyl (C=O) groups excluding carboxylic acids is 3. The second-order valence-corrected chi connectivity index (χ2v) is 8.05. The first-order chi connectivity index (χ1) is 16.4. The topological polar surface area (TPSA) is 108 Å². The van der Waals surface area contributed by atoms with E-state index >= 15 is 0 Å². The lowest BCUT2D eigenvalue weighted by atomic mass is 10.0. The molecule has 0 aromatic heterocycles. The van der Waals surface area contributed by atoms with E-state index in [1.165, 1.54) is 6.92 Å². The maximum absolute atomic E-state index is 13.2. The van der Waals surface area contributed by atoms with Crippen LogP contribution < -0.4 is 16.0 Å². The molecule has 0 heterocycles. The minimum absolute atomic E-state index is 0.173. The molecule has 7 heteroatoms. The van der Waals surface area contributed by atoms with Gasteiger partial charge in [0, 0.05) is 24.6 Å². The SMILES string of the molecule is CC(=O)Nc1ccc(C[C@H](NC(=O)c2ccccc2)C(=O)NC(CO)Cc2ccccc2)cc1. The van der Waals surface area contributed by atoms with E-state index in [0.29, 0.717) is 17.7 Å². The lowest BCUT2D eigenvalue weighted by Crippen LogP contribution is -2.52. The average molecular weight is 460 g/mol. The highest BCUT2D eigenvalue weighted by Gasteiger charge is 2.24. The van der Waals surface area contributed by atoms with Crippen LogP contribution in [0.5, 0.6) is 0 Å². The number of anilines is 1. The molecule has 4 N–H and O–H groups in total. The molecule has 34 heavy (non-hydrogen) atoms. The third-order valence-electron chi connectivity index (χ3n) is 5.26. The number of hydrogen-bond acceptors (Lipinski definition) is 4. The van der Waals surface area contributed by atoms with Crippen molar-refractivity contribution in [3.8, 4) is 0 Å². The molecule has 0 bridgehead atoms. The van der Waals surface area contributed by atoms with Gasteiger partial charge in [-0.3, -0.25) is 14.4 Å². The highest BCUT2D eigenvalue weighted by molar-refractivity contribution is 5.97. The highest BCUT2D eigenvalue weighted by atomic mass is 16.3.